The second kappa shape index (κ2) is 8.56. The molecule has 0 aromatic heterocycles. The van der Waals surface area contributed by atoms with E-state index in [1.807, 2.05) is 27.7 Å². The van der Waals surface area contributed by atoms with Gasteiger partial charge in [-0.15, -0.1) is 0 Å². The van der Waals surface area contributed by atoms with Crippen molar-refractivity contribution in [3.8, 4) is 0 Å². The van der Waals surface area contributed by atoms with Crippen molar-refractivity contribution in [3.05, 3.63) is 0 Å². The third-order valence-electron chi connectivity index (χ3n) is 5.47. The Morgan fingerprint density at radius 1 is 0.963 bits per heavy atom. The molecule has 10 atom stereocenters. The van der Waals surface area contributed by atoms with Crippen molar-refractivity contribution >= 4 is 0 Å². The molecule has 0 aromatic rings. The fraction of sp³-hybridized carbons (Fsp3) is 1.00. The molecule has 3 fully saturated rings. The lowest BCUT2D eigenvalue weighted by Gasteiger charge is -2.46. The summed E-state index contributed by atoms with van der Waals surface area (Å²) in [7, 11) is 0. The van der Waals surface area contributed by atoms with Crippen LogP contribution >= 0.6 is 0 Å². The average molecular weight is 392 g/mol. The Labute approximate surface area is 159 Å². The minimum absolute atomic E-state index is 0.0518. The van der Waals surface area contributed by atoms with Gasteiger partial charge in [0.1, 0.15) is 36.6 Å². The Hall–Kier alpha value is -0.360. The molecule has 0 spiro atoms. The van der Waals surface area contributed by atoms with Crippen LogP contribution in [0.2, 0.25) is 0 Å². The zero-order valence-electron chi connectivity index (χ0n) is 16.2. The first-order valence-electron chi connectivity index (χ1n) is 9.63. The zero-order chi connectivity index (χ0) is 19.9. The van der Waals surface area contributed by atoms with E-state index in [0.717, 1.165) is 0 Å². The lowest BCUT2D eigenvalue weighted by Crippen LogP contribution is -2.61. The molecule has 3 saturated heterocycles. The maximum atomic E-state index is 10.7. The van der Waals surface area contributed by atoms with Gasteiger partial charge in [-0.05, 0) is 19.8 Å². The summed E-state index contributed by atoms with van der Waals surface area (Å²) in [4.78, 5) is 0. The van der Waals surface area contributed by atoms with E-state index in [0.29, 0.717) is 0 Å². The number of aliphatic hydroxyl groups excluding tert-OH is 4. The van der Waals surface area contributed by atoms with Gasteiger partial charge in [0.05, 0.1) is 25.4 Å². The van der Waals surface area contributed by atoms with Crippen LogP contribution < -0.4 is 0 Å². The van der Waals surface area contributed by atoms with Gasteiger partial charge in [0.2, 0.25) is 0 Å². The number of rotatable bonds is 6. The third-order valence-corrected chi connectivity index (χ3v) is 5.47. The maximum Gasteiger partial charge on any atom is 0.186 e. The summed E-state index contributed by atoms with van der Waals surface area (Å²) < 4.78 is 28.5. The van der Waals surface area contributed by atoms with Crippen molar-refractivity contribution in [1.29, 1.82) is 0 Å². The van der Waals surface area contributed by atoms with E-state index < -0.39 is 67.8 Å². The molecule has 9 heteroatoms. The second-order valence-electron chi connectivity index (χ2n) is 8.15. The number of hydrogen-bond acceptors (Lipinski definition) is 9. The van der Waals surface area contributed by atoms with Crippen LogP contribution in [0.3, 0.4) is 0 Å². The molecule has 3 aliphatic heterocycles. The molecule has 0 saturated carbocycles. The molecule has 3 rings (SSSR count). The fourth-order valence-electron chi connectivity index (χ4n) is 4.14. The van der Waals surface area contributed by atoms with E-state index >= 15 is 0 Å². The SMILES string of the molecule is CC(C)O[C@H]1O[C@@H]2COC(C1O)[C@@H]2O[C@@H]1OC(CO)[C@H](O)[C@H](C(C)C)C1O. The van der Waals surface area contributed by atoms with Gasteiger partial charge in [-0.2, -0.15) is 0 Å². The van der Waals surface area contributed by atoms with Crippen LogP contribution in [0, 0.1) is 11.8 Å². The molecule has 3 aliphatic rings. The van der Waals surface area contributed by atoms with E-state index in [2.05, 4.69) is 0 Å². The summed E-state index contributed by atoms with van der Waals surface area (Å²) in [6, 6.07) is 0. The number of hydrogen-bond donors (Lipinski definition) is 4. The number of fused-ring (bicyclic) bond motifs is 2. The Morgan fingerprint density at radius 3 is 2.26 bits per heavy atom. The monoisotopic (exact) mass is 392 g/mol. The van der Waals surface area contributed by atoms with Crippen LogP contribution in [0.4, 0.5) is 0 Å². The molecule has 2 bridgehead atoms. The Balaban J connectivity index is 1.71. The number of ether oxygens (including phenoxy) is 5. The van der Waals surface area contributed by atoms with E-state index in [1.54, 1.807) is 0 Å². The molecule has 0 aliphatic carbocycles. The van der Waals surface area contributed by atoms with Gasteiger partial charge >= 0.3 is 0 Å². The summed E-state index contributed by atoms with van der Waals surface area (Å²) in [5.41, 5.74) is 0. The second-order valence-corrected chi connectivity index (χ2v) is 8.15. The number of aliphatic hydroxyl groups is 4. The Bertz CT molecular complexity index is 487. The molecular weight excluding hydrogens is 360 g/mol. The van der Waals surface area contributed by atoms with Crippen LogP contribution in [0.1, 0.15) is 27.7 Å². The van der Waals surface area contributed by atoms with Gasteiger partial charge in [0, 0.05) is 5.92 Å². The lowest BCUT2D eigenvalue weighted by molar-refractivity contribution is -0.339. The first-order chi connectivity index (χ1) is 12.7. The Morgan fingerprint density at radius 2 is 1.67 bits per heavy atom. The molecule has 0 amide bonds. The van der Waals surface area contributed by atoms with Gasteiger partial charge in [0.15, 0.2) is 12.6 Å². The topological polar surface area (TPSA) is 127 Å². The summed E-state index contributed by atoms with van der Waals surface area (Å²) in [6.45, 7) is 7.28. The summed E-state index contributed by atoms with van der Waals surface area (Å²) in [6.07, 6.45) is -7.83. The van der Waals surface area contributed by atoms with Crippen molar-refractivity contribution in [1.82, 2.24) is 0 Å². The predicted octanol–water partition coefficient (Wildman–Crippen LogP) is -1.01. The van der Waals surface area contributed by atoms with Gasteiger partial charge in [-0.3, -0.25) is 0 Å². The fourth-order valence-corrected chi connectivity index (χ4v) is 4.14. The first-order valence-corrected chi connectivity index (χ1v) is 9.63. The Kier molecular flexibility index (Phi) is 6.77. The van der Waals surface area contributed by atoms with E-state index in [4.69, 9.17) is 23.7 Å². The molecule has 9 nitrogen and oxygen atoms in total. The van der Waals surface area contributed by atoms with Crippen LogP contribution in [-0.2, 0) is 23.7 Å². The predicted molar refractivity (Wildman–Crippen MR) is 91.6 cm³/mol. The van der Waals surface area contributed by atoms with Gasteiger partial charge < -0.3 is 44.1 Å². The van der Waals surface area contributed by atoms with Crippen LogP contribution in [0.5, 0.6) is 0 Å². The molecule has 158 valence electrons. The van der Waals surface area contributed by atoms with E-state index in [9.17, 15) is 20.4 Å². The summed E-state index contributed by atoms with van der Waals surface area (Å²) in [5, 5.41) is 41.1. The normalized spacial score (nSPS) is 47.8. The molecule has 4 unspecified atom stereocenters. The standard InChI is InChI=1S/C18H32O9/c1-7(2)11-12(20)9(5-19)25-17(13(11)21)27-15-10-6-23-16(15)14(22)18(26-10)24-8(3)4/h7-22H,5-6H2,1-4H3/t9?,10-,11+,12+,13?,14?,15-,16?,17+,18+/m1/s1. The lowest BCUT2D eigenvalue weighted by atomic mass is 9.81. The van der Waals surface area contributed by atoms with Crippen LogP contribution in [-0.4, -0.2) is 95.1 Å². The van der Waals surface area contributed by atoms with Crippen molar-refractivity contribution in [2.75, 3.05) is 13.2 Å². The van der Waals surface area contributed by atoms with E-state index in [1.165, 1.54) is 0 Å². The molecule has 3 heterocycles. The van der Waals surface area contributed by atoms with Crippen molar-refractivity contribution in [3.63, 3.8) is 0 Å². The molecule has 0 radical (unpaired) electrons. The van der Waals surface area contributed by atoms with Gasteiger partial charge in [-0.1, -0.05) is 13.8 Å². The molecule has 4 N–H and O–H groups in total. The van der Waals surface area contributed by atoms with Gasteiger partial charge in [-0.25, -0.2) is 0 Å². The minimum Gasteiger partial charge on any atom is -0.394 e. The molecule has 0 aromatic carbocycles. The zero-order valence-corrected chi connectivity index (χ0v) is 16.2. The van der Waals surface area contributed by atoms with Crippen molar-refractivity contribution < 1.29 is 44.1 Å². The highest BCUT2D eigenvalue weighted by atomic mass is 16.8. The largest absolute Gasteiger partial charge is 0.394 e. The maximum absolute atomic E-state index is 10.7. The molecule has 27 heavy (non-hydrogen) atoms. The molecular formula is C18H32O9. The van der Waals surface area contributed by atoms with Crippen molar-refractivity contribution in [2.45, 2.75) is 89.1 Å². The van der Waals surface area contributed by atoms with Crippen LogP contribution in [0.25, 0.3) is 0 Å². The quantitative estimate of drug-likeness (QED) is 0.450. The highest BCUT2D eigenvalue weighted by molar-refractivity contribution is 4.98. The smallest absolute Gasteiger partial charge is 0.186 e. The van der Waals surface area contributed by atoms with Crippen molar-refractivity contribution in [2.24, 2.45) is 11.8 Å². The third kappa shape index (κ3) is 4.17. The highest BCUT2D eigenvalue weighted by Gasteiger charge is 2.55. The summed E-state index contributed by atoms with van der Waals surface area (Å²) >= 11 is 0. The summed E-state index contributed by atoms with van der Waals surface area (Å²) in [5.74, 6) is -0.574. The van der Waals surface area contributed by atoms with Crippen LogP contribution in [0.15, 0.2) is 0 Å². The van der Waals surface area contributed by atoms with E-state index in [-0.39, 0.29) is 18.6 Å². The first kappa shape index (κ1) is 21.4. The average Bonchev–Trinajstić information content (AvgIpc) is 2.89. The minimum atomic E-state index is -1.09. The van der Waals surface area contributed by atoms with Gasteiger partial charge in [0.25, 0.3) is 0 Å². The highest BCUT2D eigenvalue weighted by Crippen LogP contribution is 2.37.